The molecule has 3 aromatic carbocycles. The standard InChI is InChI=1S/C35H46N4O4/c1-25(40)24-37-33(42)30(22-26-13-8-7-9-14-26)39(6)34(43)31(38(5)32(41)17-12-20-35(2,3)36-4)23-27-18-19-28-15-10-11-16-29(28)21-27/h7-19,21,25,30-31,36,40H,20,22-24H2,1-6H3,(H,37,42)/b17-12+/t25-,30-,31-/m1/s1. The van der Waals surface area contributed by atoms with Crippen LogP contribution in [-0.2, 0) is 27.2 Å². The summed E-state index contributed by atoms with van der Waals surface area (Å²) >= 11 is 0. The lowest BCUT2D eigenvalue weighted by Gasteiger charge is -2.34. The van der Waals surface area contributed by atoms with Gasteiger partial charge in [-0.2, -0.15) is 0 Å². The Labute approximate surface area is 255 Å². The summed E-state index contributed by atoms with van der Waals surface area (Å²) in [5, 5.41) is 17.9. The molecule has 0 aliphatic heterocycles. The molecule has 3 aromatic rings. The van der Waals surface area contributed by atoms with Crippen molar-refractivity contribution < 1.29 is 19.5 Å². The fourth-order valence-corrected chi connectivity index (χ4v) is 4.80. The summed E-state index contributed by atoms with van der Waals surface area (Å²) in [5.74, 6) is -1.01. The van der Waals surface area contributed by atoms with Crippen molar-refractivity contribution in [1.29, 1.82) is 0 Å². The van der Waals surface area contributed by atoms with Crippen molar-refractivity contribution in [2.24, 2.45) is 0 Å². The lowest BCUT2D eigenvalue weighted by Crippen LogP contribution is -2.56. The smallest absolute Gasteiger partial charge is 0.246 e. The highest BCUT2D eigenvalue weighted by molar-refractivity contribution is 5.95. The molecule has 3 N–H and O–H groups in total. The maximum atomic E-state index is 14.3. The lowest BCUT2D eigenvalue weighted by atomic mass is 9.98. The summed E-state index contributed by atoms with van der Waals surface area (Å²) in [6, 6.07) is 21.8. The van der Waals surface area contributed by atoms with Crippen molar-refractivity contribution in [3.8, 4) is 0 Å². The summed E-state index contributed by atoms with van der Waals surface area (Å²) in [6.45, 7) is 5.75. The van der Waals surface area contributed by atoms with Gasteiger partial charge in [0.1, 0.15) is 12.1 Å². The van der Waals surface area contributed by atoms with Gasteiger partial charge in [0.05, 0.1) is 6.10 Å². The molecule has 0 unspecified atom stereocenters. The number of aliphatic hydroxyl groups excluding tert-OH is 1. The molecule has 0 bridgehead atoms. The Morgan fingerprint density at radius 3 is 2.14 bits per heavy atom. The third-order valence-corrected chi connectivity index (χ3v) is 7.87. The van der Waals surface area contributed by atoms with Crippen LogP contribution in [0.1, 0.15) is 38.3 Å². The van der Waals surface area contributed by atoms with Gasteiger partial charge in [0.2, 0.25) is 17.7 Å². The molecule has 8 nitrogen and oxygen atoms in total. The number of nitrogens with one attached hydrogen (secondary N) is 2. The summed E-state index contributed by atoms with van der Waals surface area (Å²) in [6.07, 6.45) is 3.79. The number of carbonyl (C=O) groups excluding carboxylic acids is 3. The van der Waals surface area contributed by atoms with E-state index in [1.54, 1.807) is 21.0 Å². The molecule has 230 valence electrons. The van der Waals surface area contributed by atoms with Crippen molar-refractivity contribution in [2.45, 2.75) is 63.8 Å². The predicted molar refractivity (Wildman–Crippen MR) is 173 cm³/mol. The van der Waals surface area contributed by atoms with E-state index in [0.29, 0.717) is 6.42 Å². The average molecular weight is 587 g/mol. The van der Waals surface area contributed by atoms with Crippen LogP contribution in [0.15, 0.2) is 84.9 Å². The van der Waals surface area contributed by atoms with Crippen LogP contribution in [0, 0.1) is 0 Å². The zero-order valence-electron chi connectivity index (χ0n) is 26.2. The number of hydrogen-bond acceptors (Lipinski definition) is 5. The molecule has 43 heavy (non-hydrogen) atoms. The fraction of sp³-hybridized carbons (Fsp3) is 0.400. The Morgan fingerprint density at radius 2 is 1.49 bits per heavy atom. The Kier molecular flexibility index (Phi) is 12.0. The number of rotatable bonds is 14. The Balaban J connectivity index is 1.94. The van der Waals surface area contributed by atoms with Crippen LogP contribution in [0.5, 0.6) is 0 Å². The summed E-state index contributed by atoms with van der Waals surface area (Å²) < 4.78 is 0. The van der Waals surface area contributed by atoms with Gasteiger partial charge in [0.25, 0.3) is 0 Å². The second-order valence-corrected chi connectivity index (χ2v) is 11.8. The number of benzene rings is 3. The topological polar surface area (TPSA) is 102 Å². The first-order valence-corrected chi connectivity index (χ1v) is 14.8. The highest BCUT2D eigenvalue weighted by atomic mass is 16.3. The van der Waals surface area contributed by atoms with Gasteiger partial charge in [-0.15, -0.1) is 0 Å². The van der Waals surface area contributed by atoms with Crippen LogP contribution in [0.3, 0.4) is 0 Å². The van der Waals surface area contributed by atoms with E-state index < -0.39 is 18.2 Å². The second kappa shape index (κ2) is 15.5. The van der Waals surface area contributed by atoms with Crippen molar-refractivity contribution >= 4 is 28.5 Å². The van der Waals surface area contributed by atoms with Gasteiger partial charge in [-0.3, -0.25) is 14.4 Å². The molecule has 0 saturated carbocycles. The molecule has 0 fully saturated rings. The zero-order chi connectivity index (χ0) is 31.6. The number of carbonyl (C=O) groups is 3. The van der Waals surface area contributed by atoms with E-state index in [9.17, 15) is 19.5 Å². The van der Waals surface area contributed by atoms with Crippen LogP contribution in [-0.4, -0.2) is 84.0 Å². The largest absolute Gasteiger partial charge is 0.392 e. The van der Waals surface area contributed by atoms with Crippen LogP contribution in [0.4, 0.5) is 0 Å². The average Bonchev–Trinajstić information content (AvgIpc) is 3.00. The van der Waals surface area contributed by atoms with E-state index in [4.69, 9.17) is 0 Å². The summed E-state index contributed by atoms with van der Waals surface area (Å²) in [5.41, 5.74) is 1.62. The number of aliphatic hydroxyl groups is 1. The van der Waals surface area contributed by atoms with Gasteiger partial charge in [-0.1, -0.05) is 78.9 Å². The van der Waals surface area contributed by atoms with E-state index in [0.717, 1.165) is 21.9 Å². The van der Waals surface area contributed by atoms with Crippen LogP contribution < -0.4 is 10.6 Å². The highest BCUT2D eigenvalue weighted by Crippen LogP contribution is 2.20. The third-order valence-electron chi connectivity index (χ3n) is 7.87. The minimum absolute atomic E-state index is 0.0683. The van der Waals surface area contributed by atoms with E-state index in [1.165, 1.54) is 15.9 Å². The van der Waals surface area contributed by atoms with Crippen molar-refractivity contribution in [3.05, 3.63) is 96.1 Å². The molecular formula is C35H46N4O4. The summed E-state index contributed by atoms with van der Waals surface area (Å²) in [4.78, 5) is 44.0. The molecule has 0 radical (unpaired) electrons. The van der Waals surface area contributed by atoms with Gasteiger partial charge < -0.3 is 25.5 Å². The first kappa shape index (κ1) is 33.5. The highest BCUT2D eigenvalue weighted by Gasteiger charge is 2.35. The molecule has 0 saturated heterocycles. The second-order valence-electron chi connectivity index (χ2n) is 11.8. The molecule has 0 spiro atoms. The van der Waals surface area contributed by atoms with Crippen molar-refractivity contribution in [2.75, 3.05) is 27.7 Å². The molecular weight excluding hydrogens is 540 g/mol. The lowest BCUT2D eigenvalue weighted by molar-refractivity contribution is -0.146. The van der Waals surface area contributed by atoms with Crippen LogP contribution >= 0.6 is 0 Å². The zero-order valence-corrected chi connectivity index (χ0v) is 26.2. The summed E-state index contributed by atoms with van der Waals surface area (Å²) in [7, 11) is 5.11. The molecule has 3 atom stereocenters. The molecule has 0 aliphatic carbocycles. The number of hydrogen-bond donors (Lipinski definition) is 3. The normalized spacial score (nSPS) is 13.8. The first-order chi connectivity index (χ1) is 20.4. The Morgan fingerprint density at radius 1 is 0.860 bits per heavy atom. The van der Waals surface area contributed by atoms with Crippen molar-refractivity contribution in [3.63, 3.8) is 0 Å². The van der Waals surface area contributed by atoms with Gasteiger partial charge in [-0.05, 0) is 62.2 Å². The number of likely N-dealkylation sites (N-methyl/N-ethyl adjacent to an activating group) is 2. The SMILES string of the molecule is CNC(C)(C)C/C=C/C(=O)N(C)[C@H](Cc1ccc2ccccc2c1)C(=O)N(C)[C@H](Cc1ccccc1)C(=O)NC[C@@H](C)O. The van der Waals surface area contributed by atoms with E-state index in [1.807, 2.05) is 99.8 Å². The van der Waals surface area contributed by atoms with E-state index in [-0.39, 0.29) is 42.6 Å². The first-order valence-electron chi connectivity index (χ1n) is 14.8. The Hall–Kier alpha value is -4.01. The minimum Gasteiger partial charge on any atom is -0.392 e. The molecule has 3 rings (SSSR count). The fourth-order valence-electron chi connectivity index (χ4n) is 4.80. The molecule has 3 amide bonds. The molecule has 0 aliphatic rings. The van der Waals surface area contributed by atoms with E-state index >= 15 is 0 Å². The third kappa shape index (κ3) is 9.76. The van der Waals surface area contributed by atoms with Gasteiger partial charge in [0.15, 0.2) is 0 Å². The van der Waals surface area contributed by atoms with Crippen molar-refractivity contribution in [1.82, 2.24) is 20.4 Å². The maximum Gasteiger partial charge on any atom is 0.246 e. The van der Waals surface area contributed by atoms with E-state index in [2.05, 4.69) is 10.6 Å². The molecule has 8 heteroatoms. The van der Waals surface area contributed by atoms with Crippen LogP contribution in [0.2, 0.25) is 0 Å². The maximum absolute atomic E-state index is 14.3. The van der Waals surface area contributed by atoms with Crippen LogP contribution in [0.25, 0.3) is 10.8 Å². The number of nitrogens with zero attached hydrogens (tertiary/aromatic N) is 2. The minimum atomic E-state index is -0.858. The van der Waals surface area contributed by atoms with Gasteiger partial charge in [-0.25, -0.2) is 0 Å². The number of amides is 3. The molecule has 0 aromatic heterocycles. The van der Waals surface area contributed by atoms with Gasteiger partial charge in [0, 0.05) is 39.0 Å². The molecule has 0 heterocycles. The number of fused-ring (bicyclic) bond motifs is 1. The quantitative estimate of drug-likeness (QED) is 0.250. The monoisotopic (exact) mass is 586 g/mol. The predicted octanol–water partition coefficient (Wildman–Crippen LogP) is 3.72. The van der Waals surface area contributed by atoms with Gasteiger partial charge >= 0.3 is 0 Å². The Bertz CT molecular complexity index is 1400.